The van der Waals surface area contributed by atoms with Crippen molar-refractivity contribution in [2.45, 2.75) is 25.7 Å². The van der Waals surface area contributed by atoms with Crippen molar-refractivity contribution in [3.63, 3.8) is 0 Å². The standard InChI is InChI=1S/C23H18N2O/c24-15-19-9-5-17(6-10-19)13-21-3-1-2-4-22(23(21)26)14-18-7-11-20(16-25)12-8-18/h5-14H,1-4H2/b21-13-,22-14+. The van der Waals surface area contributed by atoms with E-state index in [9.17, 15) is 4.79 Å². The van der Waals surface area contributed by atoms with E-state index < -0.39 is 0 Å². The smallest absolute Gasteiger partial charge is 0.185 e. The summed E-state index contributed by atoms with van der Waals surface area (Å²) >= 11 is 0. The van der Waals surface area contributed by atoms with Crippen LogP contribution in [0, 0.1) is 22.7 Å². The summed E-state index contributed by atoms with van der Waals surface area (Å²) < 4.78 is 0. The Morgan fingerprint density at radius 2 is 1.08 bits per heavy atom. The number of hydrogen-bond acceptors (Lipinski definition) is 3. The molecule has 0 N–H and O–H groups in total. The lowest BCUT2D eigenvalue weighted by molar-refractivity contribution is -0.112. The highest BCUT2D eigenvalue weighted by molar-refractivity contribution is 6.13. The van der Waals surface area contributed by atoms with Gasteiger partial charge in [-0.05, 0) is 73.2 Å². The SMILES string of the molecule is N#Cc1ccc(/C=C2/CCCC/C(=C\c3ccc(C#N)cc3)C2=O)cc1. The Morgan fingerprint density at radius 3 is 1.42 bits per heavy atom. The van der Waals surface area contributed by atoms with Gasteiger partial charge in [0.15, 0.2) is 5.78 Å². The molecule has 1 saturated carbocycles. The molecule has 0 aliphatic heterocycles. The number of nitriles is 2. The molecule has 2 aromatic carbocycles. The van der Waals surface area contributed by atoms with Crippen LogP contribution in [0.3, 0.4) is 0 Å². The largest absolute Gasteiger partial charge is 0.289 e. The normalized spacial score (nSPS) is 17.5. The van der Waals surface area contributed by atoms with Crippen LogP contribution in [-0.4, -0.2) is 5.78 Å². The Labute approximate surface area is 153 Å². The summed E-state index contributed by atoms with van der Waals surface area (Å²) in [7, 11) is 0. The van der Waals surface area contributed by atoms with E-state index in [4.69, 9.17) is 10.5 Å². The van der Waals surface area contributed by atoms with Crippen molar-refractivity contribution < 1.29 is 4.79 Å². The fraction of sp³-hybridized carbons (Fsp3) is 0.174. The van der Waals surface area contributed by atoms with Crippen molar-refractivity contribution in [2.24, 2.45) is 0 Å². The van der Waals surface area contributed by atoms with E-state index in [1.54, 1.807) is 24.3 Å². The molecule has 2 aromatic rings. The van der Waals surface area contributed by atoms with Crippen molar-refractivity contribution >= 4 is 17.9 Å². The molecule has 1 fully saturated rings. The Hall–Kier alpha value is -3.43. The molecule has 0 amide bonds. The third-order valence-corrected chi connectivity index (χ3v) is 4.49. The maximum atomic E-state index is 13.0. The molecule has 26 heavy (non-hydrogen) atoms. The third kappa shape index (κ3) is 4.15. The van der Waals surface area contributed by atoms with Crippen LogP contribution in [0.25, 0.3) is 12.2 Å². The predicted octanol–water partition coefficient (Wildman–Crippen LogP) is 5.04. The van der Waals surface area contributed by atoms with Crippen molar-refractivity contribution in [1.29, 1.82) is 10.5 Å². The topological polar surface area (TPSA) is 64.7 Å². The van der Waals surface area contributed by atoms with Gasteiger partial charge in [0.25, 0.3) is 0 Å². The molecule has 0 spiro atoms. The average Bonchev–Trinajstić information content (AvgIpc) is 2.85. The van der Waals surface area contributed by atoms with Crippen LogP contribution in [0.15, 0.2) is 59.7 Å². The third-order valence-electron chi connectivity index (χ3n) is 4.49. The predicted molar refractivity (Wildman–Crippen MR) is 102 cm³/mol. The zero-order valence-corrected chi connectivity index (χ0v) is 14.4. The second kappa shape index (κ2) is 8.10. The maximum absolute atomic E-state index is 13.0. The molecular formula is C23H18N2O. The number of nitrogens with zero attached hydrogens (tertiary/aromatic N) is 2. The number of ketones is 1. The fourth-order valence-electron chi connectivity index (χ4n) is 3.05. The van der Waals surface area contributed by atoms with Gasteiger partial charge in [-0.2, -0.15) is 10.5 Å². The number of carbonyl (C=O) groups excluding carboxylic acids is 1. The van der Waals surface area contributed by atoms with Crippen LogP contribution in [0.1, 0.15) is 47.9 Å². The van der Waals surface area contributed by atoms with Crippen LogP contribution >= 0.6 is 0 Å². The van der Waals surface area contributed by atoms with E-state index in [2.05, 4.69) is 12.1 Å². The van der Waals surface area contributed by atoms with Crippen LogP contribution in [0.2, 0.25) is 0 Å². The van der Waals surface area contributed by atoms with E-state index >= 15 is 0 Å². The highest BCUT2D eigenvalue weighted by Gasteiger charge is 2.18. The van der Waals surface area contributed by atoms with Gasteiger partial charge in [0.05, 0.1) is 23.3 Å². The molecule has 1 aliphatic carbocycles. The van der Waals surface area contributed by atoms with Gasteiger partial charge < -0.3 is 0 Å². The molecule has 0 atom stereocenters. The van der Waals surface area contributed by atoms with Gasteiger partial charge in [-0.3, -0.25) is 4.79 Å². The molecule has 0 aromatic heterocycles. The Morgan fingerprint density at radius 1 is 0.692 bits per heavy atom. The Kier molecular flexibility index (Phi) is 5.42. The first-order valence-corrected chi connectivity index (χ1v) is 8.66. The van der Waals surface area contributed by atoms with E-state index in [1.807, 2.05) is 36.4 Å². The first kappa shape index (κ1) is 17.4. The van der Waals surface area contributed by atoms with Gasteiger partial charge in [-0.15, -0.1) is 0 Å². The minimum absolute atomic E-state index is 0.0937. The number of rotatable bonds is 2. The number of hydrogen-bond donors (Lipinski definition) is 0. The van der Waals surface area contributed by atoms with Gasteiger partial charge in [-0.1, -0.05) is 24.3 Å². The second-order valence-electron chi connectivity index (χ2n) is 6.34. The lowest BCUT2D eigenvalue weighted by Gasteiger charge is -2.06. The zero-order chi connectivity index (χ0) is 18.4. The molecular weight excluding hydrogens is 320 g/mol. The van der Waals surface area contributed by atoms with E-state index in [-0.39, 0.29) is 5.78 Å². The van der Waals surface area contributed by atoms with E-state index in [0.29, 0.717) is 11.1 Å². The minimum atomic E-state index is 0.0937. The lowest BCUT2D eigenvalue weighted by atomic mass is 9.97. The van der Waals surface area contributed by atoms with E-state index in [1.165, 1.54) is 0 Å². The number of Topliss-reactive ketones (excluding diaryl/α,β-unsaturated/α-hetero) is 1. The minimum Gasteiger partial charge on any atom is -0.289 e. The highest BCUT2D eigenvalue weighted by Crippen LogP contribution is 2.27. The molecule has 0 unspecified atom stereocenters. The van der Waals surface area contributed by atoms with Crippen LogP contribution < -0.4 is 0 Å². The lowest BCUT2D eigenvalue weighted by Crippen LogP contribution is -2.04. The molecule has 0 bridgehead atoms. The summed E-state index contributed by atoms with van der Waals surface area (Å²) in [5, 5.41) is 17.8. The highest BCUT2D eigenvalue weighted by atomic mass is 16.1. The van der Waals surface area contributed by atoms with Crippen molar-refractivity contribution in [1.82, 2.24) is 0 Å². The van der Waals surface area contributed by atoms with Crippen molar-refractivity contribution in [3.05, 3.63) is 81.9 Å². The second-order valence-corrected chi connectivity index (χ2v) is 6.34. The van der Waals surface area contributed by atoms with Crippen molar-refractivity contribution in [3.8, 4) is 12.1 Å². The van der Waals surface area contributed by atoms with Crippen LogP contribution in [0.4, 0.5) is 0 Å². The summed E-state index contributed by atoms with van der Waals surface area (Å²) in [6.07, 6.45) is 7.37. The average molecular weight is 338 g/mol. The summed E-state index contributed by atoms with van der Waals surface area (Å²) in [5.41, 5.74) is 4.72. The molecule has 126 valence electrons. The number of benzene rings is 2. The number of allylic oxidation sites excluding steroid dienone is 2. The fourth-order valence-corrected chi connectivity index (χ4v) is 3.05. The van der Waals surface area contributed by atoms with Crippen molar-refractivity contribution in [2.75, 3.05) is 0 Å². The zero-order valence-electron chi connectivity index (χ0n) is 14.4. The van der Waals surface area contributed by atoms with Crippen LogP contribution in [-0.2, 0) is 4.79 Å². The van der Waals surface area contributed by atoms with Gasteiger partial charge in [-0.25, -0.2) is 0 Å². The van der Waals surface area contributed by atoms with Gasteiger partial charge in [0.2, 0.25) is 0 Å². The monoisotopic (exact) mass is 338 g/mol. The van der Waals surface area contributed by atoms with E-state index in [0.717, 1.165) is 48.0 Å². The first-order chi connectivity index (χ1) is 12.7. The molecule has 3 rings (SSSR count). The molecule has 0 saturated heterocycles. The molecule has 0 radical (unpaired) electrons. The molecule has 3 nitrogen and oxygen atoms in total. The summed E-state index contributed by atoms with van der Waals surface area (Å²) in [6.45, 7) is 0. The van der Waals surface area contributed by atoms with Crippen LogP contribution in [0.5, 0.6) is 0 Å². The summed E-state index contributed by atoms with van der Waals surface area (Å²) in [4.78, 5) is 13.0. The Balaban J connectivity index is 1.89. The maximum Gasteiger partial charge on any atom is 0.185 e. The van der Waals surface area contributed by atoms with Gasteiger partial charge in [0.1, 0.15) is 0 Å². The molecule has 3 heteroatoms. The number of carbonyl (C=O) groups is 1. The summed E-state index contributed by atoms with van der Waals surface area (Å²) in [5.74, 6) is 0.0937. The van der Waals surface area contributed by atoms with Gasteiger partial charge in [0, 0.05) is 11.1 Å². The first-order valence-electron chi connectivity index (χ1n) is 8.66. The van der Waals surface area contributed by atoms with Gasteiger partial charge >= 0.3 is 0 Å². The molecule has 0 heterocycles. The Bertz CT molecular complexity index is 870. The molecule has 1 aliphatic rings. The summed E-state index contributed by atoms with van der Waals surface area (Å²) in [6, 6.07) is 18.7. The quantitative estimate of drug-likeness (QED) is 0.569.